The van der Waals surface area contributed by atoms with E-state index in [2.05, 4.69) is 31.1 Å². The summed E-state index contributed by atoms with van der Waals surface area (Å²) in [5.74, 6) is -7.50. The summed E-state index contributed by atoms with van der Waals surface area (Å²) >= 11 is 0. The van der Waals surface area contributed by atoms with Crippen LogP contribution in [0.3, 0.4) is 0 Å². The van der Waals surface area contributed by atoms with Gasteiger partial charge in [-0.3, -0.25) is 14.5 Å². The van der Waals surface area contributed by atoms with Gasteiger partial charge >= 0.3 is 36.4 Å². The molecule has 4 rings (SSSR count). The second-order valence-electron chi connectivity index (χ2n) is 8.86. The molecule has 0 bridgehead atoms. The molecule has 2 aromatic heterocycles. The van der Waals surface area contributed by atoms with Gasteiger partial charge < -0.3 is 20.1 Å². The lowest BCUT2D eigenvalue weighted by molar-refractivity contribution is -0.193. The van der Waals surface area contributed by atoms with Crippen LogP contribution in [0.25, 0.3) is 0 Å². The molecule has 0 unspecified atom stereocenters. The number of fused-ring (bicyclic) bond motifs is 1. The van der Waals surface area contributed by atoms with E-state index in [0.717, 1.165) is 44.9 Å². The SMILES string of the molecule is Cn1cc(CN2CCN3C[C@H](Oc4cncnc4)C[C@H]3C2)cn1.O=C(O)C(F)(F)F.O=C(O)C(F)(F)F.O=C(O)C(F)(F)F. The first-order valence-electron chi connectivity index (χ1n) is 11.9. The average Bonchev–Trinajstić information content (AvgIpc) is 3.48. The van der Waals surface area contributed by atoms with Crippen LogP contribution in [-0.2, 0) is 28.0 Å². The summed E-state index contributed by atoms with van der Waals surface area (Å²) in [5.41, 5.74) is 1.29. The highest BCUT2D eigenvalue weighted by Gasteiger charge is 2.40. The monoisotopic (exact) mass is 656 g/mol. The highest BCUT2D eigenvalue weighted by molar-refractivity contribution is 5.73. The Morgan fingerprint density at radius 3 is 1.73 bits per heavy atom. The maximum absolute atomic E-state index is 10.6. The minimum absolute atomic E-state index is 0.240. The molecule has 13 nitrogen and oxygen atoms in total. The second-order valence-corrected chi connectivity index (χ2v) is 8.86. The maximum Gasteiger partial charge on any atom is 0.490 e. The van der Waals surface area contributed by atoms with E-state index >= 15 is 0 Å². The van der Waals surface area contributed by atoms with Crippen molar-refractivity contribution in [3.8, 4) is 5.75 Å². The van der Waals surface area contributed by atoms with Gasteiger partial charge in [-0.25, -0.2) is 24.4 Å². The number of alkyl halides is 9. The Kier molecular flexibility index (Phi) is 13.8. The summed E-state index contributed by atoms with van der Waals surface area (Å²) in [6, 6.07) is 0.579. The summed E-state index contributed by atoms with van der Waals surface area (Å²) in [4.78, 5) is 39.8. The van der Waals surface area contributed by atoms with Gasteiger partial charge in [0.05, 0.1) is 18.6 Å². The summed E-state index contributed by atoms with van der Waals surface area (Å²) in [7, 11) is 1.97. The molecule has 44 heavy (non-hydrogen) atoms. The van der Waals surface area contributed by atoms with E-state index in [4.69, 9.17) is 34.4 Å². The number of aromatic nitrogens is 4. The van der Waals surface area contributed by atoms with Crippen LogP contribution in [-0.4, -0.2) is 120 Å². The van der Waals surface area contributed by atoms with Crippen molar-refractivity contribution in [3.05, 3.63) is 36.7 Å². The van der Waals surface area contributed by atoms with Crippen LogP contribution >= 0.6 is 0 Å². The summed E-state index contributed by atoms with van der Waals surface area (Å²) in [6.45, 7) is 5.29. The molecular weight excluding hydrogens is 631 g/mol. The maximum atomic E-state index is 10.6. The van der Waals surface area contributed by atoms with Crippen molar-refractivity contribution in [1.29, 1.82) is 0 Å². The highest BCUT2D eigenvalue weighted by atomic mass is 19.4. The van der Waals surface area contributed by atoms with E-state index in [0.29, 0.717) is 6.04 Å². The summed E-state index contributed by atoms with van der Waals surface area (Å²) in [6.07, 6.45) is -4.88. The van der Waals surface area contributed by atoms with E-state index in [1.807, 2.05) is 17.9 Å². The number of carboxylic acid groups (broad SMARTS) is 3. The third-order valence-corrected chi connectivity index (χ3v) is 5.39. The first kappa shape index (κ1) is 37.8. The molecule has 3 N–H and O–H groups in total. The second kappa shape index (κ2) is 16.0. The number of hydrogen-bond donors (Lipinski definition) is 3. The van der Waals surface area contributed by atoms with Crippen molar-refractivity contribution in [2.75, 3.05) is 26.2 Å². The van der Waals surface area contributed by atoms with Crippen LogP contribution < -0.4 is 4.74 Å². The molecule has 0 saturated carbocycles. The topological polar surface area (TPSA) is 171 Å². The number of piperazine rings is 1. The summed E-state index contributed by atoms with van der Waals surface area (Å²) < 4.78 is 103. The predicted octanol–water partition coefficient (Wildman–Crippen LogP) is 2.45. The standard InChI is InChI=1S/C16H22N6O.3C2HF3O2/c1-20-8-13(5-19-20)9-21-2-3-22-11-15(4-14(22)10-21)23-16-6-17-12-18-7-16;3*3-2(4,5)1(6)7/h5-8,12,14-15H,2-4,9-11H2,1H3;3*(H,6,7)/t14-,15+;;;/m0.../s1. The van der Waals surface area contributed by atoms with Crippen molar-refractivity contribution < 1.29 is 74.0 Å². The lowest BCUT2D eigenvalue weighted by Gasteiger charge is -2.36. The number of carboxylic acids is 3. The van der Waals surface area contributed by atoms with Gasteiger partial charge in [-0.15, -0.1) is 0 Å². The lowest BCUT2D eigenvalue weighted by Crippen LogP contribution is -2.49. The number of nitrogens with zero attached hydrogens (tertiary/aromatic N) is 6. The fourth-order valence-corrected chi connectivity index (χ4v) is 3.64. The highest BCUT2D eigenvalue weighted by Crippen LogP contribution is 2.26. The number of halogens is 9. The van der Waals surface area contributed by atoms with Crippen molar-refractivity contribution >= 4 is 17.9 Å². The Bertz CT molecular complexity index is 1150. The Hall–Kier alpha value is -4.21. The minimum Gasteiger partial charge on any atom is -0.486 e. The third kappa shape index (κ3) is 14.3. The Balaban J connectivity index is 0.000000379. The summed E-state index contributed by atoms with van der Waals surface area (Å²) in [5, 5.41) is 25.6. The Morgan fingerprint density at radius 1 is 0.841 bits per heavy atom. The average molecular weight is 656 g/mol. The molecule has 2 aliphatic heterocycles. The van der Waals surface area contributed by atoms with Gasteiger partial charge in [0.2, 0.25) is 0 Å². The van der Waals surface area contributed by atoms with E-state index in [-0.39, 0.29) is 6.10 Å². The number of carbonyl (C=O) groups is 3. The molecule has 0 radical (unpaired) electrons. The number of aryl methyl sites for hydroxylation is 1. The molecule has 0 aromatic carbocycles. The predicted molar refractivity (Wildman–Crippen MR) is 126 cm³/mol. The first-order chi connectivity index (χ1) is 20.1. The molecule has 2 aliphatic rings. The van der Waals surface area contributed by atoms with Crippen molar-refractivity contribution in [3.63, 3.8) is 0 Å². The molecule has 2 aromatic rings. The zero-order valence-electron chi connectivity index (χ0n) is 22.3. The molecule has 2 fully saturated rings. The van der Waals surface area contributed by atoms with E-state index in [9.17, 15) is 39.5 Å². The number of rotatable bonds is 4. The van der Waals surface area contributed by atoms with Gasteiger partial charge in [-0.05, 0) is 0 Å². The van der Waals surface area contributed by atoms with Crippen molar-refractivity contribution in [2.45, 2.75) is 43.6 Å². The van der Waals surface area contributed by atoms with Crippen LogP contribution in [0, 0.1) is 0 Å². The lowest BCUT2D eigenvalue weighted by atomic mass is 10.1. The molecule has 2 atom stereocenters. The number of ether oxygens (including phenoxy) is 1. The molecule has 2 saturated heterocycles. The molecule has 248 valence electrons. The molecule has 0 amide bonds. The van der Waals surface area contributed by atoms with Crippen LogP contribution in [0.1, 0.15) is 12.0 Å². The van der Waals surface area contributed by atoms with Crippen LogP contribution in [0.5, 0.6) is 5.75 Å². The largest absolute Gasteiger partial charge is 0.490 e. The van der Waals surface area contributed by atoms with Crippen LogP contribution in [0.2, 0.25) is 0 Å². The van der Waals surface area contributed by atoms with E-state index in [1.54, 1.807) is 12.4 Å². The van der Waals surface area contributed by atoms with E-state index in [1.165, 1.54) is 11.9 Å². The molecule has 0 spiro atoms. The van der Waals surface area contributed by atoms with Gasteiger partial charge in [0.25, 0.3) is 0 Å². The molecular formula is C22H25F9N6O7. The van der Waals surface area contributed by atoms with Crippen molar-refractivity contribution in [2.24, 2.45) is 7.05 Å². The molecule has 0 aliphatic carbocycles. The van der Waals surface area contributed by atoms with Crippen molar-refractivity contribution in [1.82, 2.24) is 29.5 Å². The van der Waals surface area contributed by atoms with Gasteiger partial charge in [0, 0.05) is 64.0 Å². The molecule has 22 heteroatoms. The number of aliphatic carboxylic acids is 3. The zero-order chi connectivity index (χ0) is 33.9. The smallest absolute Gasteiger partial charge is 0.486 e. The van der Waals surface area contributed by atoms with Gasteiger partial charge in [0.1, 0.15) is 12.4 Å². The molecule has 4 heterocycles. The fraction of sp³-hybridized carbons (Fsp3) is 0.545. The zero-order valence-corrected chi connectivity index (χ0v) is 22.3. The van der Waals surface area contributed by atoms with E-state index < -0.39 is 36.4 Å². The fourth-order valence-electron chi connectivity index (χ4n) is 3.64. The minimum atomic E-state index is -5.08. The Labute approximate surface area is 241 Å². The quantitative estimate of drug-likeness (QED) is 0.412. The Morgan fingerprint density at radius 2 is 1.32 bits per heavy atom. The van der Waals surface area contributed by atoms with Gasteiger partial charge in [0.15, 0.2) is 5.75 Å². The van der Waals surface area contributed by atoms with Crippen LogP contribution in [0.4, 0.5) is 39.5 Å². The van der Waals surface area contributed by atoms with Crippen LogP contribution in [0.15, 0.2) is 31.1 Å². The third-order valence-electron chi connectivity index (χ3n) is 5.39. The van der Waals surface area contributed by atoms with Gasteiger partial charge in [-0.2, -0.15) is 44.6 Å². The normalized spacial score (nSPS) is 18.7. The van der Waals surface area contributed by atoms with Gasteiger partial charge in [-0.1, -0.05) is 0 Å². The first-order valence-corrected chi connectivity index (χ1v) is 11.9. The number of hydrogen-bond acceptors (Lipinski definition) is 9.